The SMILES string of the molecule is CCNc1ccc([N+](=O)[O-])c(SC(C)C(C)O)n1. The summed E-state index contributed by atoms with van der Waals surface area (Å²) in [6.07, 6.45) is -0.556. The third-order valence-corrected chi connectivity index (χ3v) is 3.66. The first-order chi connectivity index (χ1) is 8.45. The molecule has 0 spiro atoms. The number of aliphatic hydroxyl groups is 1. The molecule has 0 saturated heterocycles. The number of pyridine rings is 1. The molecule has 7 heteroatoms. The second-order valence-corrected chi connectivity index (χ2v) is 5.24. The highest BCUT2D eigenvalue weighted by Crippen LogP contribution is 2.32. The molecule has 0 aliphatic heterocycles. The van der Waals surface area contributed by atoms with Crippen molar-refractivity contribution in [3.8, 4) is 0 Å². The van der Waals surface area contributed by atoms with Gasteiger partial charge in [0, 0.05) is 17.9 Å². The van der Waals surface area contributed by atoms with E-state index >= 15 is 0 Å². The normalized spacial score (nSPS) is 14.0. The lowest BCUT2D eigenvalue weighted by molar-refractivity contribution is -0.388. The summed E-state index contributed by atoms with van der Waals surface area (Å²) in [4.78, 5) is 14.7. The Morgan fingerprint density at radius 1 is 1.56 bits per heavy atom. The van der Waals surface area contributed by atoms with E-state index in [0.717, 1.165) is 0 Å². The molecule has 0 aliphatic rings. The van der Waals surface area contributed by atoms with E-state index in [1.54, 1.807) is 19.9 Å². The number of thioether (sulfide) groups is 1. The van der Waals surface area contributed by atoms with Gasteiger partial charge in [0.25, 0.3) is 0 Å². The fourth-order valence-corrected chi connectivity index (χ4v) is 2.18. The zero-order valence-corrected chi connectivity index (χ0v) is 11.4. The number of nitrogens with zero attached hydrogens (tertiary/aromatic N) is 2. The van der Waals surface area contributed by atoms with Crippen LogP contribution in [0.25, 0.3) is 0 Å². The minimum Gasteiger partial charge on any atom is -0.392 e. The summed E-state index contributed by atoms with van der Waals surface area (Å²) < 4.78 is 0. The van der Waals surface area contributed by atoms with Gasteiger partial charge in [0.2, 0.25) is 0 Å². The van der Waals surface area contributed by atoms with Crippen molar-refractivity contribution in [2.75, 3.05) is 11.9 Å². The molecule has 1 rings (SSSR count). The van der Waals surface area contributed by atoms with E-state index in [-0.39, 0.29) is 10.9 Å². The average Bonchev–Trinajstić information content (AvgIpc) is 2.29. The van der Waals surface area contributed by atoms with Crippen molar-refractivity contribution in [2.45, 2.75) is 37.2 Å². The maximum Gasteiger partial charge on any atom is 0.301 e. The maximum atomic E-state index is 10.9. The van der Waals surface area contributed by atoms with E-state index in [1.807, 2.05) is 6.92 Å². The third-order valence-electron chi connectivity index (χ3n) is 2.37. The zero-order valence-electron chi connectivity index (χ0n) is 10.6. The molecular weight excluding hydrogens is 254 g/mol. The van der Waals surface area contributed by atoms with E-state index in [0.29, 0.717) is 17.4 Å². The van der Waals surface area contributed by atoms with Crippen molar-refractivity contribution in [3.63, 3.8) is 0 Å². The average molecular weight is 271 g/mol. The second kappa shape index (κ2) is 6.55. The number of rotatable bonds is 6. The minimum atomic E-state index is -0.556. The molecule has 1 aromatic rings. The van der Waals surface area contributed by atoms with Crippen molar-refractivity contribution >= 4 is 23.3 Å². The van der Waals surface area contributed by atoms with Gasteiger partial charge in [-0.3, -0.25) is 10.1 Å². The number of anilines is 1. The van der Waals surface area contributed by atoms with Gasteiger partial charge in [0.1, 0.15) is 5.82 Å². The molecule has 2 N–H and O–H groups in total. The number of aliphatic hydroxyl groups excluding tert-OH is 1. The highest BCUT2D eigenvalue weighted by molar-refractivity contribution is 8.00. The summed E-state index contributed by atoms with van der Waals surface area (Å²) in [5.74, 6) is 0.600. The van der Waals surface area contributed by atoms with E-state index in [4.69, 9.17) is 0 Å². The summed E-state index contributed by atoms with van der Waals surface area (Å²) in [5, 5.41) is 23.5. The predicted molar refractivity (Wildman–Crippen MR) is 72.1 cm³/mol. The first-order valence-electron chi connectivity index (χ1n) is 5.69. The molecule has 1 aromatic heterocycles. The molecule has 6 nitrogen and oxygen atoms in total. The Morgan fingerprint density at radius 2 is 2.22 bits per heavy atom. The molecular formula is C11H17N3O3S. The van der Waals surface area contributed by atoms with Gasteiger partial charge in [-0.2, -0.15) is 0 Å². The highest BCUT2D eigenvalue weighted by Gasteiger charge is 2.21. The van der Waals surface area contributed by atoms with Crippen molar-refractivity contribution in [1.82, 2.24) is 4.98 Å². The quantitative estimate of drug-likeness (QED) is 0.469. The Hall–Kier alpha value is -1.34. The van der Waals surface area contributed by atoms with E-state index < -0.39 is 11.0 Å². The van der Waals surface area contributed by atoms with Crippen LogP contribution in [0.4, 0.5) is 11.5 Å². The van der Waals surface area contributed by atoms with Crippen LogP contribution in [-0.2, 0) is 0 Å². The van der Waals surface area contributed by atoms with E-state index in [1.165, 1.54) is 17.8 Å². The van der Waals surface area contributed by atoms with Crippen LogP contribution in [0.1, 0.15) is 20.8 Å². The molecule has 2 atom stereocenters. The molecule has 0 aliphatic carbocycles. The lowest BCUT2D eigenvalue weighted by Crippen LogP contribution is -2.15. The van der Waals surface area contributed by atoms with Gasteiger partial charge < -0.3 is 10.4 Å². The maximum absolute atomic E-state index is 10.9. The summed E-state index contributed by atoms with van der Waals surface area (Å²) in [7, 11) is 0. The highest BCUT2D eigenvalue weighted by atomic mass is 32.2. The van der Waals surface area contributed by atoms with Crippen molar-refractivity contribution in [3.05, 3.63) is 22.2 Å². The summed E-state index contributed by atoms with van der Waals surface area (Å²) in [6.45, 7) is 6.08. The van der Waals surface area contributed by atoms with Gasteiger partial charge in [-0.1, -0.05) is 18.7 Å². The number of nitro groups is 1. The molecule has 0 saturated carbocycles. The number of nitrogens with one attached hydrogen (secondary N) is 1. The lowest BCUT2D eigenvalue weighted by atomic mass is 10.3. The van der Waals surface area contributed by atoms with Crippen LogP contribution in [0.3, 0.4) is 0 Å². The molecule has 0 fully saturated rings. The Bertz CT molecular complexity index is 426. The number of hydrogen-bond donors (Lipinski definition) is 2. The fourth-order valence-electron chi connectivity index (χ4n) is 1.21. The summed E-state index contributed by atoms with van der Waals surface area (Å²) >= 11 is 1.20. The van der Waals surface area contributed by atoms with E-state index in [2.05, 4.69) is 10.3 Å². The molecule has 1 heterocycles. The molecule has 0 amide bonds. The molecule has 100 valence electrons. The fraction of sp³-hybridized carbons (Fsp3) is 0.545. The monoisotopic (exact) mass is 271 g/mol. The second-order valence-electron chi connectivity index (χ2n) is 3.87. The Labute approximate surface area is 110 Å². The van der Waals surface area contributed by atoms with Gasteiger partial charge >= 0.3 is 5.69 Å². The van der Waals surface area contributed by atoms with E-state index in [9.17, 15) is 15.2 Å². The lowest BCUT2D eigenvalue weighted by Gasteiger charge is -2.14. The van der Waals surface area contributed by atoms with Crippen LogP contribution < -0.4 is 5.32 Å². The first kappa shape index (κ1) is 14.7. The van der Waals surface area contributed by atoms with Crippen LogP contribution in [0, 0.1) is 10.1 Å². The smallest absolute Gasteiger partial charge is 0.301 e. The predicted octanol–water partition coefficient (Wildman–Crippen LogP) is 2.28. The van der Waals surface area contributed by atoms with Crippen molar-refractivity contribution in [2.24, 2.45) is 0 Å². The zero-order chi connectivity index (χ0) is 13.7. The molecule has 18 heavy (non-hydrogen) atoms. The number of aromatic nitrogens is 1. The van der Waals surface area contributed by atoms with Gasteiger partial charge in [0.05, 0.1) is 11.0 Å². The Morgan fingerprint density at radius 3 is 2.72 bits per heavy atom. The largest absolute Gasteiger partial charge is 0.392 e. The molecule has 0 aromatic carbocycles. The van der Waals surface area contributed by atoms with Crippen molar-refractivity contribution < 1.29 is 10.0 Å². The van der Waals surface area contributed by atoms with Crippen LogP contribution in [-0.4, -0.2) is 32.9 Å². The van der Waals surface area contributed by atoms with Crippen LogP contribution in [0.15, 0.2) is 17.2 Å². The standard InChI is InChI=1S/C11H17N3O3S/c1-4-12-10-6-5-9(14(16)17)11(13-10)18-8(3)7(2)15/h5-8,15H,4H2,1-3H3,(H,12,13). The summed E-state index contributed by atoms with van der Waals surface area (Å²) in [5.41, 5.74) is -0.0332. The molecule has 0 bridgehead atoms. The van der Waals surface area contributed by atoms with Crippen molar-refractivity contribution in [1.29, 1.82) is 0 Å². The van der Waals surface area contributed by atoms with Crippen LogP contribution >= 0.6 is 11.8 Å². The van der Waals surface area contributed by atoms with Gasteiger partial charge in [0.15, 0.2) is 5.03 Å². The topological polar surface area (TPSA) is 88.3 Å². The first-order valence-corrected chi connectivity index (χ1v) is 6.57. The molecule has 2 unspecified atom stereocenters. The Kier molecular flexibility index (Phi) is 5.36. The van der Waals surface area contributed by atoms with Crippen LogP contribution in [0.5, 0.6) is 0 Å². The minimum absolute atomic E-state index is 0.0332. The molecule has 0 radical (unpaired) electrons. The van der Waals surface area contributed by atoms with Gasteiger partial charge in [-0.05, 0) is 19.9 Å². The Balaban J connectivity index is 3.03. The van der Waals surface area contributed by atoms with Crippen LogP contribution in [0.2, 0.25) is 0 Å². The number of hydrogen-bond acceptors (Lipinski definition) is 6. The van der Waals surface area contributed by atoms with Gasteiger partial charge in [-0.25, -0.2) is 4.98 Å². The van der Waals surface area contributed by atoms with Gasteiger partial charge in [-0.15, -0.1) is 0 Å². The third kappa shape index (κ3) is 3.85. The summed E-state index contributed by atoms with van der Waals surface area (Å²) in [6, 6.07) is 3.01.